The van der Waals surface area contributed by atoms with Crippen LogP contribution in [0.25, 0.3) is 10.9 Å². The fourth-order valence-electron chi connectivity index (χ4n) is 3.36. The van der Waals surface area contributed by atoms with Crippen LogP contribution in [0, 0.1) is 0 Å². The number of pyridine rings is 1. The maximum absolute atomic E-state index is 4.07. The Hall–Kier alpha value is -2.13. The van der Waals surface area contributed by atoms with Crippen LogP contribution in [0.3, 0.4) is 0 Å². The van der Waals surface area contributed by atoms with Gasteiger partial charge in [-0.25, -0.2) is 0 Å². The van der Waals surface area contributed by atoms with Gasteiger partial charge in [0.25, 0.3) is 0 Å². The van der Waals surface area contributed by atoms with Gasteiger partial charge in [0.1, 0.15) is 0 Å². The average Bonchev–Trinajstić information content (AvgIpc) is 2.93. The lowest BCUT2D eigenvalue weighted by Gasteiger charge is -2.24. The Morgan fingerprint density at radius 3 is 2.90 bits per heavy atom. The van der Waals surface area contributed by atoms with E-state index in [-0.39, 0.29) is 0 Å². The first-order valence-electron chi connectivity index (χ1n) is 7.63. The van der Waals surface area contributed by atoms with Crippen molar-refractivity contribution in [3.8, 4) is 0 Å². The number of benzene rings is 1. The summed E-state index contributed by atoms with van der Waals surface area (Å²) in [5, 5.41) is 5.09. The zero-order valence-corrected chi connectivity index (χ0v) is 12.0. The molecule has 1 atom stereocenters. The molecule has 1 aromatic carbocycles. The van der Waals surface area contributed by atoms with E-state index in [1.54, 1.807) is 0 Å². The second kappa shape index (κ2) is 5.34. The molecule has 21 heavy (non-hydrogen) atoms. The van der Waals surface area contributed by atoms with Crippen molar-refractivity contribution in [3.63, 3.8) is 0 Å². The summed E-state index contributed by atoms with van der Waals surface area (Å²) in [6, 6.07) is 13.2. The molecule has 2 aromatic heterocycles. The number of aromatic nitrogens is 2. The topological polar surface area (TPSA) is 40.7 Å². The van der Waals surface area contributed by atoms with Gasteiger partial charge in [-0.15, -0.1) is 0 Å². The second-order valence-electron chi connectivity index (χ2n) is 5.74. The number of nitrogens with one attached hydrogen (secondary N) is 2. The van der Waals surface area contributed by atoms with Crippen molar-refractivity contribution in [2.75, 3.05) is 0 Å². The Bertz CT molecular complexity index is 746. The van der Waals surface area contributed by atoms with Gasteiger partial charge in [0.05, 0.1) is 0 Å². The molecule has 3 heteroatoms. The molecule has 0 aliphatic heterocycles. The van der Waals surface area contributed by atoms with E-state index < -0.39 is 0 Å². The van der Waals surface area contributed by atoms with Crippen molar-refractivity contribution < 1.29 is 0 Å². The molecule has 0 saturated heterocycles. The Balaban J connectivity index is 1.61. The summed E-state index contributed by atoms with van der Waals surface area (Å²) in [4.78, 5) is 7.70. The summed E-state index contributed by atoms with van der Waals surface area (Å²) in [5.74, 6) is 0. The van der Waals surface area contributed by atoms with Gasteiger partial charge < -0.3 is 10.3 Å². The minimum atomic E-state index is 0.425. The molecule has 0 bridgehead atoms. The molecule has 0 amide bonds. The fraction of sp³-hybridized carbons (Fsp3) is 0.278. The number of aryl methyl sites for hydroxylation is 1. The lowest BCUT2D eigenvalue weighted by molar-refractivity contribution is 0.452. The van der Waals surface area contributed by atoms with Crippen LogP contribution in [0.5, 0.6) is 0 Å². The largest absolute Gasteiger partial charge is 0.357 e. The highest BCUT2D eigenvalue weighted by atomic mass is 14.9. The van der Waals surface area contributed by atoms with Crippen molar-refractivity contribution in [1.82, 2.24) is 15.3 Å². The molecule has 106 valence electrons. The molecule has 0 fully saturated rings. The number of hydrogen-bond donors (Lipinski definition) is 2. The fourth-order valence-corrected chi connectivity index (χ4v) is 3.36. The lowest BCUT2D eigenvalue weighted by atomic mass is 9.91. The Kier molecular flexibility index (Phi) is 3.20. The Morgan fingerprint density at radius 1 is 1.14 bits per heavy atom. The van der Waals surface area contributed by atoms with Gasteiger partial charge in [0, 0.05) is 41.6 Å². The maximum atomic E-state index is 4.07. The van der Waals surface area contributed by atoms with Crippen LogP contribution in [0.4, 0.5) is 0 Å². The molecule has 0 radical (unpaired) electrons. The van der Waals surface area contributed by atoms with Crippen molar-refractivity contribution in [3.05, 3.63) is 65.6 Å². The first-order valence-corrected chi connectivity index (χ1v) is 7.63. The molecule has 3 aromatic rings. The summed E-state index contributed by atoms with van der Waals surface area (Å²) in [7, 11) is 0. The van der Waals surface area contributed by atoms with Crippen LogP contribution in [0.1, 0.15) is 35.7 Å². The number of fused-ring (bicyclic) bond motifs is 3. The second-order valence-corrected chi connectivity index (χ2v) is 5.74. The predicted molar refractivity (Wildman–Crippen MR) is 85.1 cm³/mol. The summed E-state index contributed by atoms with van der Waals surface area (Å²) in [6.45, 7) is 0.891. The Morgan fingerprint density at radius 2 is 2.00 bits per heavy atom. The first-order chi connectivity index (χ1) is 10.4. The van der Waals surface area contributed by atoms with Crippen molar-refractivity contribution in [2.24, 2.45) is 0 Å². The van der Waals surface area contributed by atoms with Gasteiger partial charge >= 0.3 is 0 Å². The number of hydrogen-bond acceptors (Lipinski definition) is 2. The molecule has 3 nitrogen and oxygen atoms in total. The molecule has 2 heterocycles. The van der Waals surface area contributed by atoms with Crippen LogP contribution in [-0.4, -0.2) is 9.97 Å². The number of rotatable bonds is 3. The summed E-state index contributed by atoms with van der Waals surface area (Å²) >= 11 is 0. The molecule has 1 aliphatic carbocycles. The lowest BCUT2D eigenvalue weighted by Crippen LogP contribution is -2.24. The minimum Gasteiger partial charge on any atom is -0.357 e. The highest BCUT2D eigenvalue weighted by Crippen LogP contribution is 2.34. The van der Waals surface area contributed by atoms with Crippen molar-refractivity contribution >= 4 is 10.9 Å². The SMILES string of the molecule is c1ccc2c3c([nH]c2c1)C(NCc1ccncc1)CCC3. The highest BCUT2D eigenvalue weighted by Gasteiger charge is 2.23. The van der Waals surface area contributed by atoms with E-state index in [9.17, 15) is 0 Å². The smallest absolute Gasteiger partial charge is 0.0478 e. The molecular weight excluding hydrogens is 258 g/mol. The quantitative estimate of drug-likeness (QED) is 0.766. The van der Waals surface area contributed by atoms with Gasteiger partial charge in [0.2, 0.25) is 0 Å². The van der Waals surface area contributed by atoms with Gasteiger partial charge in [-0.3, -0.25) is 4.98 Å². The van der Waals surface area contributed by atoms with Gasteiger partial charge in [-0.1, -0.05) is 18.2 Å². The molecule has 4 rings (SSSR count). The molecule has 0 saturated carbocycles. The van der Waals surface area contributed by atoms with Crippen LogP contribution in [-0.2, 0) is 13.0 Å². The van der Waals surface area contributed by atoms with Crippen LogP contribution >= 0.6 is 0 Å². The molecular formula is C18H19N3. The van der Waals surface area contributed by atoms with Crippen LogP contribution in [0.15, 0.2) is 48.8 Å². The predicted octanol–water partition coefficient (Wildman–Crippen LogP) is 3.73. The van der Waals surface area contributed by atoms with Crippen molar-refractivity contribution in [1.29, 1.82) is 0 Å². The van der Waals surface area contributed by atoms with E-state index in [0.717, 1.165) is 6.54 Å². The molecule has 1 unspecified atom stereocenters. The normalized spacial score (nSPS) is 17.8. The van der Waals surface area contributed by atoms with E-state index in [1.807, 2.05) is 12.4 Å². The summed E-state index contributed by atoms with van der Waals surface area (Å²) < 4.78 is 0. The first kappa shape index (κ1) is 12.6. The zero-order valence-electron chi connectivity index (χ0n) is 12.0. The highest BCUT2D eigenvalue weighted by molar-refractivity contribution is 5.85. The summed E-state index contributed by atoms with van der Waals surface area (Å²) in [6.07, 6.45) is 7.35. The molecule has 1 aliphatic rings. The molecule has 2 N–H and O–H groups in total. The third-order valence-electron chi connectivity index (χ3n) is 4.42. The summed E-state index contributed by atoms with van der Waals surface area (Å²) in [5.41, 5.74) is 5.44. The number of para-hydroxylation sites is 1. The molecule has 0 spiro atoms. The zero-order chi connectivity index (χ0) is 14.1. The number of H-pyrrole nitrogens is 1. The minimum absolute atomic E-state index is 0.425. The van der Waals surface area contributed by atoms with Crippen LogP contribution < -0.4 is 5.32 Å². The third-order valence-corrected chi connectivity index (χ3v) is 4.42. The van der Waals surface area contributed by atoms with E-state index in [1.165, 1.54) is 47.0 Å². The van der Waals surface area contributed by atoms with Crippen molar-refractivity contribution in [2.45, 2.75) is 31.8 Å². The van der Waals surface area contributed by atoms with Gasteiger partial charge in [-0.2, -0.15) is 0 Å². The third kappa shape index (κ3) is 2.34. The van der Waals surface area contributed by atoms with Crippen LogP contribution in [0.2, 0.25) is 0 Å². The number of aromatic amines is 1. The maximum Gasteiger partial charge on any atom is 0.0478 e. The monoisotopic (exact) mass is 277 g/mol. The number of nitrogens with zero attached hydrogens (tertiary/aromatic N) is 1. The van der Waals surface area contributed by atoms with Gasteiger partial charge in [-0.05, 0) is 48.6 Å². The van der Waals surface area contributed by atoms with Gasteiger partial charge in [0.15, 0.2) is 0 Å². The van der Waals surface area contributed by atoms with E-state index in [0.29, 0.717) is 6.04 Å². The Labute approximate surface area is 124 Å². The van der Waals surface area contributed by atoms with E-state index in [4.69, 9.17) is 0 Å². The van der Waals surface area contributed by atoms with E-state index in [2.05, 4.69) is 51.7 Å². The standard InChI is InChI=1S/C18H19N3/c1-2-6-16-14(4-1)15-5-3-7-17(18(15)21-16)20-12-13-8-10-19-11-9-13/h1-2,4,6,8-11,17,20-21H,3,5,7,12H2. The van der Waals surface area contributed by atoms with E-state index >= 15 is 0 Å². The average molecular weight is 277 g/mol.